The summed E-state index contributed by atoms with van der Waals surface area (Å²) in [6.45, 7) is 0.383. The Hall–Kier alpha value is -3.15. The summed E-state index contributed by atoms with van der Waals surface area (Å²) in [5.74, 6) is 0.440. The van der Waals surface area contributed by atoms with E-state index >= 15 is 0 Å². The lowest BCUT2D eigenvalue weighted by Crippen LogP contribution is -2.24. The van der Waals surface area contributed by atoms with Crippen LogP contribution in [0.5, 0.6) is 5.75 Å². The zero-order chi connectivity index (χ0) is 17.6. The van der Waals surface area contributed by atoms with Crippen LogP contribution in [-0.2, 0) is 17.8 Å². The van der Waals surface area contributed by atoms with E-state index in [1.54, 1.807) is 31.4 Å². The molecule has 0 unspecified atom stereocenters. The number of carbonyl (C=O) groups is 1. The highest BCUT2D eigenvalue weighted by atomic mass is 19.1. The standard InChI is InChI=1S/C19H17FN2O3/c1-24-15-6-4-5-13(9-15)12-21-19(23)11-14-10-18(25-22-14)16-7-2-3-8-17(16)20/h2-10H,11-12H2,1H3,(H,21,23). The molecule has 5 nitrogen and oxygen atoms in total. The fourth-order valence-electron chi connectivity index (χ4n) is 2.39. The quantitative estimate of drug-likeness (QED) is 0.747. The number of ether oxygens (including phenoxy) is 1. The molecule has 0 aliphatic carbocycles. The number of carbonyl (C=O) groups excluding carboxylic acids is 1. The second kappa shape index (κ2) is 7.61. The predicted molar refractivity (Wildman–Crippen MR) is 90.4 cm³/mol. The summed E-state index contributed by atoms with van der Waals surface area (Å²) >= 11 is 0. The van der Waals surface area contributed by atoms with E-state index in [-0.39, 0.29) is 12.3 Å². The van der Waals surface area contributed by atoms with Crippen molar-refractivity contribution in [1.29, 1.82) is 0 Å². The van der Waals surface area contributed by atoms with E-state index in [1.807, 2.05) is 24.3 Å². The number of hydrogen-bond donors (Lipinski definition) is 1. The molecule has 0 spiro atoms. The normalized spacial score (nSPS) is 10.5. The van der Waals surface area contributed by atoms with Gasteiger partial charge in [0.15, 0.2) is 5.76 Å². The highest BCUT2D eigenvalue weighted by Crippen LogP contribution is 2.23. The van der Waals surface area contributed by atoms with E-state index in [0.29, 0.717) is 23.6 Å². The summed E-state index contributed by atoms with van der Waals surface area (Å²) < 4.78 is 24.0. The fraction of sp³-hybridized carbons (Fsp3) is 0.158. The van der Waals surface area contributed by atoms with Gasteiger partial charge in [-0.25, -0.2) is 4.39 Å². The molecule has 0 fully saturated rings. The molecular formula is C19H17FN2O3. The monoisotopic (exact) mass is 340 g/mol. The molecule has 6 heteroatoms. The molecule has 1 heterocycles. The summed E-state index contributed by atoms with van der Waals surface area (Å²) in [6, 6.07) is 15.3. The maximum atomic E-state index is 13.7. The molecule has 1 amide bonds. The number of aromatic nitrogens is 1. The minimum absolute atomic E-state index is 0.0575. The molecule has 0 aliphatic rings. The first kappa shape index (κ1) is 16.7. The van der Waals surface area contributed by atoms with Crippen molar-refractivity contribution in [1.82, 2.24) is 10.5 Å². The topological polar surface area (TPSA) is 64.4 Å². The molecule has 0 aliphatic heterocycles. The molecule has 25 heavy (non-hydrogen) atoms. The van der Waals surface area contributed by atoms with E-state index in [9.17, 15) is 9.18 Å². The van der Waals surface area contributed by atoms with Gasteiger partial charge in [0.2, 0.25) is 5.91 Å². The van der Waals surface area contributed by atoms with Gasteiger partial charge in [0.05, 0.1) is 24.8 Å². The van der Waals surface area contributed by atoms with Crippen LogP contribution < -0.4 is 10.1 Å². The Morgan fingerprint density at radius 1 is 1.20 bits per heavy atom. The van der Waals surface area contributed by atoms with Crippen LogP contribution in [0.25, 0.3) is 11.3 Å². The Kier molecular flexibility index (Phi) is 5.09. The molecule has 0 bridgehead atoms. The summed E-state index contributed by atoms with van der Waals surface area (Å²) in [7, 11) is 1.59. The number of benzene rings is 2. The second-order valence-electron chi connectivity index (χ2n) is 5.47. The van der Waals surface area contributed by atoms with Gasteiger partial charge in [0.1, 0.15) is 11.6 Å². The highest BCUT2D eigenvalue weighted by molar-refractivity contribution is 5.78. The van der Waals surface area contributed by atoms with Gasteiger partial charge in [-0.1, -0.05) is 29.4 Å². The van der Waals surface area contributed by atoms with E-state index in [0.717, 1.165) is 11.3 Å². The Morgan fingerprint density at radius 2 is 2.04 bits per heavy atom. The Bertz CT molecular complexity index is 876. The van der Waals surface area contributed by atoms with Crippen molar-refractivity contribution in [2.24, 2.45) is 0 Å². The average Bonchev–Trinajstić information content (AvgIpc) is 3.08. The Balaban J connectivity index is 1.59. The summed E-state index contributed by atoms with van der Waals surface area (Å²) in [5, 5.41) is 6.64. The SMILES string of the molecule is COc1cccc(CNC(=O)Cc2cc(-c3ccccc3F)on2)c1. The number of amides is 1. The minimum atomic E-state index is -0.396. The average molecular weight is 340 g/mol. The summed E-state index contributed by atoms with van der Waals surface area (Å²) in [6.07, 6.45) is 0.0575. The molecule has 1 aromatic heterocycles. The van der Waals surface area contributed by atoms with Crippen LogP contribution in [0.4, 0.5) is 4.39 Å². The van der Waals surface area contributed by atoms with Gasteiger partial charge in [0.25, 0.3) is 0 Å². The van der Waals surface area contributed by atoms with Gasteiger partial charge in [-0.15, -0.1) is 0 Å². The van der Waals surface area contributed by atoms with Crippen LogP contribution in [0.3, 0.4) is 0 Å². The smallest absolute Gasteiger partial charge is 0.226 e. The van der Waals surface area contributed by atoms with Crippen molar-refractivity contribution >= 4 is 5.91 Å². The highest BCUT2D eigenvalue weighted by Gasteiger charge is 2.13. The number of hydrogen-bond acceptors (Lipinski definition) is 4. The van der Waals surface area contributed by atoms with Gasteiger partial charge in [0, 0.05) is 12.6 Å². The maximum Gasteiger partial charge on any atom is 0.226 e. The van der Waals surface area contributed by atoms with Crippen molar-refractivity contribution in [3.63, 3.8) is 0 Å². The van der Waals surface area contributed by atoms with E-state index < -0.39 is 5.82 Å². The molecule has 2 aromatic carbocycles. The van der Waals surface area contributed by atoms with Gasteiger partial charge >= 0.3 is 0 Å². The minimum Gasteiger partial charge on any atom is -0.497 e. The van der Waals surface area contributed by atoms with E-state index in [2.05, 4.69) is 10.5 Å². The molecule has 3 aromatic rings. The number of nitrogens with one attached hydrogen (secondary N) is 1. The second-order valence-corrected chi connectivity index (χ2v) is 5.47. The number of methoxy groups -OCH3 is 1. The summed E-state index contributed by atoms with van der Waals surface area (Å²) in [5.41, 5.74) is 1.69. The van der Waals surface area contributed by atoms with Gasteiger partial charge in [-0.2, -0.15) is 0 Å². The van der Waals surface area contributed by atoms with E-state index in [4.69, 9.17) is 9.26 Å². The molecule has 1 N–H and O–H groups in total. The summed E-state index contributed by atoms with van der Waals surface area (Å²) in [4.78, 5) is 12.1. The molecule has 128 valence electrons. The third-order valence-electron chi connectivity index (χ3n) is 3.66. The Labute approximate surface area is 144 Å². The van der Waals surface area contributed by atoms with Crippen LogP contribution in [0.15, 0.2) is 59.1 Å². The van der Waals surface area contributed by atoms with Crippen LogP contribution in [0.2, 0.25) is 0 Å². The van der Waals surface area contributed by atoms with Crippen LogP contribution in [-0.4, -0.2) is 18.2 Å². The van der Waals surface area contributed by atoms with E-state index in [1.165, 1.54) is 6.07 Å². The molecular weight excluding hydrogens is 323 g/mol. The fourth-order valence-corrected chi connectivity index (χ4v) is 2.39. The molecule has 0 saturated heterocycles. The number of rotatable bonds is 6. The lowest BCUT2D eigenvalue weighted by molar-refractivity contribution is -0.120. The molecule has 0 saturated carbocycles. The van der Waals surface area contributed by atoms with Crippen LogP contribution >= 0.6 is 0 Å². The predicted octanol–water partition coefficient (Wildman–Crippen LogP) is 3.35. The van der Waals surface area contributed by atoms with Gasteiger partial charge in [-0.05, 0) is 29.8 Å². The molecule has 3 rings (SSSR count). The first-order valence-electron chi connectivity index (χ1n) is 7.76. The largest absolute Gasteiger partial charge is 0.497 e. The van der Waals surface area contributed by atoms with Crippen LogP contribution in [0.1, 0.15) is 11.3 Å². The van der Waals surface area contributed by atoms with Gasteiger partial charge < -0.3 is 14.6 Å². The zero-order valence-electron chi connectivity index (χ0n) is 13.7. The van der Waals surface area contributed by atoms with Crippen molar-refractivity contribution in [2.75, 3.05) is 7.11 Å². The first-order chi connectivity index (χ1) is 12.2. The maximum absolute atomic E-state index is 13.7. The molecule has 0 radical (unpaired) electrons. The number of nitrogens with zero attached hydrogens (tertiary/aromatic N) is 1. The molecule has 0 atom stereocenters. The third-order valence-corrected chi connectivity index (χ3v) is 3.66. The van der Waals surface area contributed by atoms with Crippen molar-refractivity contribution in [3.8, 4) is 17.1 Å². The van der Waals surface area contributed by atoms with Crippen molar-refractivity contribution in [3.05, 3.63) is 71.7 Å². The van der Waals surface area contributed by atoms with Gasteiger partial charge in [-0.3, -0.25) is 4.79 Å². The number of halogens is 1. The third kappa shape index (κ3) is 4.23. The van der Waals surface area contributed by atoms with Crippen LogP contribution in [0, 0.1) is 5.82 Å². The zero-order valence-corrected chi connectivity index (χ0v) is 13.7. The lowest BCUT2D eigenvalue weighted by Gasteiger charge is -2.06. The lowest BCUT2D eigenvalue weighted by atomic mass is 10.1. The van der Waals surface area contributed by atoms with Crippen molar-refractivity contribution < 1.29 is 18.4 Å². The Morgan fingerprint density at radius 3 is 2.84 bits per heavy atom. The van der Waals surface area contributed by atoms with Crippen molar-refractivity contribution in [2.45, 2.75) is 13.0 Å². The first-order valence-corrected chi connectivity index (χ1v) is 7.76.